The fraction of sp³-hybridized carbons (Fsp3) is 0.125. The van der Waals surface area contributed by atoms with Crippen LogP contribution in [-0.2, 0) is 6.42 Å². The van der Waals surface area contributed by atoms with Gasteiger partial charge in [0.1, 0.15) is 5.69 Å². The number of hydrogen-bond acceptors (Lipinski definition) is 5. The zero-order valence-electron chi connectivity index (χ0n) is 6.94. The highest BCUT2D eigenvalue weighted by molar-refractivity contribution is 9.10. The highest BCUT2D eigenvalue weighted by Crippen LogP contribution is 2.21. The molecule has 0 saturated heterocycles. The smallest absolute Gasteiger partial charge is 0.189 e. The van der Waals surface area contributed by atoms with Gasteiger partial charge in [-0.05, 0) is 33.5 Å². The third-order valence-corrected chi connectivity index (χ3v) is 3.80. The van der Waals surface area contributed by atoms with E-state index in [1.165, 1.54) is 11.5 Å². The summed E-state index contributed by atoms with van der Waals surface area (Å²) < 4.78 is 4.67. The molecule has 0 fully saturated rings. The maximum absolute atomic E-state index is 11.6. The van der Waals surface area contributed by atoms with Crippen LogP contribution in [0, 0.1) is 0 Å². The quantitative estimate of drug-likeness (QED) is 0.816. The van der Waals surface area contributed by atoms with E-state index < -0.39 is 0 Å². The van der Waals surface area contributed by atoms with Gasteiger partial charge in [-0.15, -0.1) is 16.4 Å². The van der Waals surface area contributed by atoms with Crippen LogP contribution in [0.1, 0.15) is 15.4 Å². The molecule has 2 rings (SSSR count). The Morgan fingerprint density at radius 3 is 2.93 bits per heavy atom. The Morgan fingerprint density at radius 1 is 1.50 bits per heavy atom. The van der Waals surface area contributed by atoms with Gasteiger partial charge in [-0.25, -0.2) is 0 Å². The highest BCUT2D eigenvalue weighted by Gasteiger charge is 2.10. The van der Waals surface area contributed by atoms with Gasteiger partial charge in [0.05, 0.1) is 0 Å². The first kappa shape index (κ1) is 9.95. The average molecular weight is 289 g/mol. The van der Waals surface area contributed by atoms with Crippen LogP contribution in [0.2, 0.25) is 0 Å². The Hall–Kier alpha value is -0.590. The molecule has 0 aliphatic heterocycles. The SMILES string of the molecule is O=C(Cc1cc(Br)cs1)c1csnn1. The van der Waals surface area contributed by atoms with E-state index >= 15 is 0 Å². The Kier molecular flexibility index (Phi) is 3.05. The van der Waals surface area contributed by atoms with Gasteiger partial charge in [-0.2, -0.15) is 0 Å². The predicted molar refractivity (Wildman–Crippen MR) is 60.0 cm³/mol. The summed E-state index contributed by atoms with van der Waals surface area (Å²) in [7, 11) is 0. The van der Waals surface area contributed by atoms with Crippen LogP contribution in [0.25, 0.3) is 0 Å². The van der Waals surface area contributed by atoms with Crippen molar-refractivity contribution in [1.82, 2.24) is 9.59 Å². The molecular formula is C8H5BrN2OS2. The van der Waals surface area contributed by atoms with Gasteiger partial charge in [0.15, 0.2) is 5.78 Å². The maximum atomic E-state index is 11.6. The first-order chi connectivity index (χ1) is 6.75. The molecule has 0 atom stereocenters. The molecule has 0 spiro atoms. The standard InChI is InChI=1S/C8H5BrN2OS2/c9-5-1-6(13-3-5)2-8(12)7-4-14-11-10-7/h1,3-4H,2H2. The van der Waals surface area contributed by atoms with Crippen molar-refractivity contribution in [3.63, 3.8) is 0 Å². The third kappa shape index (κ3) is 2.26. The number of aromatic nitrogens is 2. The van der Waals surface area contributed by atoms with E-state index in [0.717, 1.165) is 9.35 Å². The lowest BCUT2D eigenvalue weighted by atomic mass is 10.2. The summed E-state index contributed by atoms with van der Waals surface area (Å²) in [6.45, 7) is 0. The number of rotatable bonds is 3. The summed E-state index contributed by atoms with van der Waals surface area (Å²) in [5, 5.41) is 7.36. The largest absolute Gasteiger partial charge is 0.292 e. The zero-order valence-corrected chi connectivity index (χ0v) is 10.2. The highest BCUT2D eigenvalue weighted by atomic mass is 79.9. The lowest BCUT2D eigenvalue weighted by Gasteiger charge is -1.91. The summed E-state index contributed by atoms with van der Waals surface area (Å²) >= 11 is 6.10. The number of thiophene rings is 1. The molecule has 0 aliphatic carbocycles. The Labute approximate surface area is 97.1 Å². The molecule has 6 heteroatoms. The first-order valence-corrected chi connectivity index (χ1v) is 6.30. The van der Waals surface area contributed by atoms with Crippen molar-refractivity contribution in [1.29, 1.82) is 0 Å². The van der Waals surface area contributed by atoms with Crippen LogP contribution in [0.5, 0.6) is 0 Å². The number of nitrogens with zero attached hydrogens (tertiary/aromatic N) is 2. The number of Topliss-reactive ketones (excluding diaryl/α,β-unsaturated/α-hetero) is 1. The van der Waals surface area contributed by atoms with E-state index in [-0.39, 0.29) is 5.78 Å². The lowest BCUT2D eigenvalue weighted by molar-refractivity contribution is 0.0989. The van der Waals surface area contributed by atoms with Crippen molar-refractivity contribution in [2.75, 3.05) is 0 Å². The van der Waals surface area contributed by atoms with E-state index in [2.05, 4.69) is 25.5 Å². The number of carbonyl (C=O) groups excluding carboxylic acids is 1. The van der Waals surface area contributed by atoms with Gasteiger partial charge < -0.3 is 0 Å². The number of ketones is 1. The molecule has 2 heterocycles. The molecule has 0 aromatic carbocycles. The van der Waals surface area contributed by atoms with Gasteiger partial charge in [0, 0.05) is 26.5 Å². The molecule has 0 amide bonds. The van der Waals surface area contributed by atoms with E-state index in [9.17, 15) is 4.79 Å². The predicted octanol–water partition coefficient (Wildman–Crippen LogP) is 2.79. The molecular weight excluding hydrogens is 284 g/mol. The summed E-state index contributed by atoms with van der Waals surface area (Å²) in [5.41, 5.74) is 0.458. The van der Waals surface area contributed by atoms with Crippen molar-refractivity contribution >= 4 is 44.6 Å². The van der Waals surface area contributed by atoms with Crippen molar-refractivity contribution in [2.24, 2.45) is 0 Å². The lowest BCUT2D eigenvalue weighted by Crippen LogP contribution is -2.02. The maximum Gasteiger partial charge on any atom is 0.189 e. The zero-order chi connectivity index (χ0) is 9.97. The Morgan fingerprint density at radius 2 is 2.36 bits per heavy atom. The van der Waals surface area contributed by atoms with Gasteiger partial charge in [-0.3, -0.25) is 4.79 Å². The second-order valence-electron chi connectivity index (χ2n) is 2.62. The molecule has 72 valence electrons. The van der Waals surface area contributed by atoms with Crippen LogP contribution < -0.4 is 0 Å². The van der Waals surface area contributed by atoms with Crippen molar-refractivity contribution in [3.8, 4) is 0 Å². The molecule has 3 nitrogen and oxygen atoms in total. The van der Waals surface area contributed by atoms with Crippen LogP contribution in [-0.4, -0.2) is 15.4 Å². The molecule has 0 radical (unpaired) electrons. The second-order valence-corrected chi connectivity index (χ2v) is 5.14. The van der Waals surface area contributed by atoms with Gasteiger partial charge >= 0.3 is 0 Å². The van der Waals surface area contributed by atoms with E-state index in [4.69, 9.17) is 0 Å². The van der Waals surface area contributed by atoms with E-state index in [1.54, 1.807) is 16.7 Å². The molecule has 2 aromatic rings. The summed E-state index contributed by atoms with van der Waals surface area (Å²) in [5.74, 6) is 0.0214. The second kappa shape index (κ2) is 4.29. The van der Waals surface area contributed by atoms with Crippen LogP contribution in [0.4, 0.5) is 0 Å². The number of hydrogen-bond donors (Lipinski definition) is 0. The fourth-order valence-corrected chi connectivity index (χ4v) is 2.89. The monoisotopic (exact) mass is 288 g/mol. The Balaban J connectivity index is 2.09. The topological polar surface area (TPSA) is 42.9 Å². The van der Waals surface area contributed by atoms with Crippen LogP contribution >= 0.6 is 38.8 Å². The first-order valence-electron chi connectivity index (χ1n) is 3.79. The summed E-state index contributed by atoms with van der Waals surface area (Å²) in [6.07, 6.45) is 0.404. The minimum Gasteiger partial charge on any atom is -0.292 e. The molecule has 0 bridgehead atoms. The minimum atomic E-state index is 0.0214. The number of carbonyl (C=O) groups is 1. The van der Waals surface area contributed by atoms with E-state index in [1.807, 2.05) is 11.4 Å². The van der Waals surface area contributed by atoms with Crippen LogP contribution in [0.3, 0.4) is 0 Å². The van der Waals surface area contributed by atoms with Crippen molar-refractivity contribution < 1.29 is 4.79 Å². The normalized spacial score (nSPS) is 10.4. The van der Waals surface area contributed by atoms with E-state index in [0.29, 0.717) is 12.1 Å². The van der Waals surface area contributed by atoms with Crippen molar-refractivity contribution in [3.05, 3.63) is 31.9 Å². The van der Waals surface area contributed by atoms with Gasteiger partial charge in [-0.1, -0.05) is 4.49 Å². The van der Waals surface area contributed by atoms with Gasteiger partial charge in [0.25, 0.3) is 0 Å². The number of halogens is 1. The summed E-state index contributed by atoms with van der Waals surface area (Å²) in [6, 6.07) is 1.95. The Bertz CT molecular complexity index is 438. The average Bonchev–Trinajstić information content (AvgIpc) is 2.75. The molecule has 0 saturated carbocycles. The molecule has 0 unspecified atom stereocenters. The molecule has 14 heavy (non-hydrogen) atoms. The minimum absolute atomic E-state index is 0.0214. The molecule has 0 aliphatic rings. The van der Waals surface area contributed by atoms with Crippen molar-refractivity contribution in [2.45, 2.75) is 6.42 Å². The fourth-order valence-electron chi connectivity index (χ4n) is 0.981. The van der Waals surface area contributed by atoms with Gasteiger partial charge in [0.2, 0.25) is 0 Å². The molecule has 0 N–H and O–H groups in total. The summed E-state index contributed by atoms with van der Waals surface area (Å²) in [4.78, 5) is 12.6. The molecule has 2 aromatic heterocycles. The third-order valence-electron chi connectivity index (χ3n) is 1.60. The van der Waals surface area contributed by atoms with Crippen LogP contribution in [0.15, 0.2) is 21.3 Å².